The molecule has 0 aliphatic rings. The van der Waals surface area contributed by atoms with Crippen molar-refractivity contribution in [2.24, 2.45) is 0 Å². The molecular weight excluding hydrogens is 290 g/mol. The second-order valence-electron chi connectivity index (χ2n) is 4.55. The van der Waals surface area contributed by atoms with E-state index in [-0.39, 0.29) is 4.90 Å². The zero-order chi connectivity index (χ0) is 15.3. The van der Waals surface area contributed by atoms with Crippen molar-refractivity contribution in [2.75, 3.05) is 32.6 Å². The van der Waals surface area contributed by atoms with Gasteiger partial charge in [0.25, 0.3) is 0 Å². The fraction of sp³-hybridized carbons (Fsp3) is 0.357. The molecule has 7 heteroatoms. The highest BCUT2D eigenvalue weighted by atomic mass is 32.2. The maximum absolute atomic E-state index is 12.2. The SMILES string of the molecule is CNc1ccc2cc(S(=O)(=O)NCCCOC)ccc2n1. The fourth-order valence-corrected chi connectivity index (χ4v) is 3.03. The second-order valence-corrected chi connectivity index (χ2v) is 6.31. The minimum Gasteiger partial charge on any atom is -0.385 e. The molecule has 0 spiro atoms. The minimum atomic E-state index is -3.50. The molecule has 2 rings (SSSR count). The van der Waals surface area contributed by atoms with Gasteiger partial charge in [0, 0.05) is 32.7 Å². The number of aromatic nitrogens is 1. The molecule has 1 aromatic carbocycles. The number of methoxy groups -OCH3 is 1. The Morgan fingerprint density at radius 3 is 2.76 bits per heavy atom. The van der Waals surface area contributed by atoms with Crippen molar-refractivity contribution in [3.63, 3.8) is 0 Å². The highest BCUT2D eigenvalue weighted by Gasteiger charge is 2.14. The molecule has 114 valence electrons. The summed E-state index contributed by atoms with van der Waals surface area (Å²) in [6.07, 6.45) is 0.635. The van der Waals surface area contributed by atoms with Crippen molar-refractivity contribution in [1.29, 1.82) is 0 Å². The highest BCUT2D eigenvalue weighted by molar-refractivity contribution is 7.89. The molecule has 0 saturated carbocycles. The molecule has 1 heterocycles. The Balaban J connectivity index is 2.21. The summed E-state index contributed by atoms with van der Waals surface area (Å²) in [5.74, 6) is 0.746. The lowest BCUT2D eigenvalue weighted by molar-refractivity contribution is 0.196. The Labute approximate surface area is 124 Å². The van der Waals surface area contributed by atoms with E-state index < -0.39 is 10.0 Å². The van der Waals surface area contributed by atoms with Gasteiger partial charge in [0.2, 0.25) is 10.0 Å². The summed E-state index contributed by atoms with van der Waals surface area (Å²) < 4.78 is 31.8. The molecule has 1 aromatic heterocycles. The number of rotatable bonds is 7. The summed E-state index contributed by atoms with van der Waals surface area (Å²) >= 11 is 0. The number of hydrogen-bond donors (Lipinski definition) is 2. The molecule has 0 radical (unpaired) electrons. The number of pyridine rings is 1. The van der Waals surface area contributed by atoms with Gasteiger partial charge in [-0.1, -0.05) is 0 Å². The zero-order valence-corrected chi connectivity index (χ0v) is 12.9. The van der Waals surface area contributed by atoms with Crippen LogP contribution in [0.25, 0.3) is 10.9 Å². The van der Waals surface area contributed by atoms with Crippen LogP contribution in [0.2, 0.25) is 0 Å². The average molecular weight is 309 g/mol. The van der Waals surface area contributed by atoms with Crippen molar-refractivity contribution < 1.29 is 13.2 Å². The van der Waals surface area contributed by atoms with Gasteiger partial charge in [-0.2, -0.15) is 0 Å². The molecule has 0 aliphatic carbocycles. The summed E-state index contributed by atoms with van der Waals surface area (Å²) in [4.78, 5) is 4.60. The van der Waals surface area contributed by atoms with Crippen LogP contribution >= 0.6 is 0 Å². The van der Waals surface area contributed by atoms with Gasteiger partial charge >= 0.3 is 0 Å². The van der Waals surface area contributed by atoms with Crippen molar-refractivity contribution in [1.82, 2.24) is 9.71 Å². The lowest BCUT2D eigenvalue weighted by atomic mass is 10.2. The Kier molecular flexibility index (Phi) is 5.11. The highest BCUT2D eigenvalue weighted by Crippen LogP contribution is 2.19. The smallest absolute Gasteiger partial charge is 0.240 e. The first-order chi connectivity index (χ1) is 10.1. The first kappa shape index (κ1) is 15.7. The number of benzene rings is 1. The quantitative estimate of drug-likeness (QED) is 0.759. The van der Waals surface area contributed by atoms with Gasteiger partial charge in [-0.3, -0.25) is 0 Å². The molecule has 0 unspecified atom stereocenters. The molecule has 0 fully saturated rings. The van der Waals surface area contributed by atoms with Crippen molar-refractivity contribution in [2.45, 2.75) is 11.3 Å². The van der Waals surface area contributed by atoms with E-state index in [0.717, 1.165) is 16.7 Å². The number of nitrogens with one attached hydrogen (secondary N) is 2. The van der Waals surface area contributed by atoms with Crippen LogP contribution < -0.4 is 10.0 Å². The number of nitrogens with zero attached hydrogens (tertiary/aromatic N) is 1. The lowest BCUT2D eigenvalue weighted by Crippen LogP contribution is -2.25. The molecule has 0 bridgehead atoms. The standard InChI is InChI=1S/C14H19N3O3S/c1-15-14-7-4-11-10-12(5-6-13(11)17-14)21(18,19)16-8-3-9-20-2/h4-7,10,16H,3,8-9H2,1-2H3,(H,15,17). The zero-order valence-electron chi connectivity index (χ0n) is 12.1. The van der Waals surface area contributed by atoms with E-state index >= 15 is 0 Å². The van der Waals surface area contributed by atoms with E-state index in [1.807, 2.05) is 12.1 Å². The van der Waals surface area contributed by atoms with Gasteiger partial charge < -0.3 is 10.1 Å². The van der Waals surface area contributed by atoms with Crippen LogP contribution in [-0.2, 0) is 14.8 Å². The largest absolute Gasteiger partial charge is 0.385 e. The number of fused-ring (bicyclic) bond motifs is 1. The number of ether oxygens (including phenoxy) is 1. The third kappa shape index (κ3) is 3.90. The Morgan fingerprint density at radius 2 is 2.05 bits per heavy atom. The van der Waals surface area contributed by atoms with Gasteiger partial charge in [0.05, 0.1) is 10.4 Å². The van der Waals surface area contributed by atoms with Crippen LogP contribution in [0, 0.1) is 0 Å². The van der Waals surface area contributed by atoms with Gasteiger partial charge in [0.1, 0.15) is 5.82 Å². The van der Waals surface area contributed by atoms with E-state index in [4.69, 9.17) is 4.74 Å². The normalized spacial score (nSPS) is 11.7. The molecular formula is C14H19N3O3S. The number of anilines is 1. The second kappa shape index (κ2) is 6.84. The average Bonchev–Trinajstić information content (AvgIpc) is 2.50. The molecule has 0 amide bonds. The third-order valence-electron chi connectivity index (χ3n) is 3.04. The Morgan fingerprint density at radius 1 is 1.24 bits per heavy atom. The number of sulfonamides is 1. The summed E-state index contributed by atoms with van der Waals surface area (Å²) in [5, 5.41) is 3.74. The molecule has 0 aliphatic heterocycles. The monoisotopic (exact) mass is 309 g/mol. The maximum Gasteiger partial charge on any atom is 0.240 e. The summed E-state index contributed by atoms with van der Waals surface area (Å²) in [6, 6.07) is 8.55. The molecule has 2 N–H and O–H groups in total. The van der Waals surface area contributed by atoms with E-state index in [2.05, 4.69) is 15.0 Å². The maximum atomic E-state index is 12.2. The summed E-state index contributed by atoms with van der Waals surface area (Å²) in [7, 11) is -0.121. The summed E-state index contributed by atoms with van der Waals surface area (Å²) in [6.45, 7) is 0.877. The van der Waals surface area contributed by atoms with E-state index in [1.54, 1.807) is 32.4 Å². The molecule has 21 heavy (non-hydrogen) atoms. The third-order valence-corrected chi connectivity index (χ3v) is 4.50. The predicted octanol–water partition coefficient (Wildman–Crippen LogP) is 1.59. The molecule has 0 saturated heterocycles. The van der Waals surface area contributed by atoms with Crippen LogP contribution in [0.4, 0.5) is 5.82 Å². The molecule has 2 aromatic rings. The van der Waals surface area contributed by atoms with Crippen molar-refractivity contribution in [3.8, 4) is 0 Å². The fourth-order valence-electron chi connectivity index (χ4n) is 1.92. The van der Waals surface area contributed by atoms with Gasteiger partial charge in [-0.25, -0.2) is 18.1 Å². The van der Waals surface area contributed by atoms with Gasteiger partial charge in [-0.05, 0) is 36.8 Å². The Bertz CT molecular complexity index is 716. The van der Waals surface area contributed by atoms with E-state index in [9.17, 15) is 8.42 Å². The van der Waals surface area contributed by atoms with Gasteiger partial charge in [0.15, 0.2) is 0 Å². The van der Waals surface area contributed by atoms with Crippen LogP contribution in [0.5, 0.6) is 0 Å². The van der Waals surface area contributed by atoms with E-state index in [1.165, 1.54) is 0 Å². The van der Waals surface area contributed by atoms with Crippen LogP contribution in [0.3, 0.4) is 0 Å². The lowest BCUT2D eigenvalue weighted by Gasteiger charge is -2.08. The van der Waals surface area contributed by atoms with Crippen LogP contribution in [-0.4, -0.2) is 40.7 Å². The van der Waals surface area contributed by atoms with Crippen molar-refractivity contribution in [3.05, 3.63) is 30.3 Å². The van der Waals surface area contributed by atoms with Crippen LogP contribution in [0.15, 0.2) is 35.2 Å². The van der Waals surface area contributed by atoms with Crippen molar-refractivity contribution >= 4 is 26.7 Å². The van der Waals surface area contributed by atoms with E-state index in [0.29, 0.717) is 19.6 Å². The molecule has 6 nitrogen and oxygen atoms in total. The Hall–Kier alpha value is -1.70. The van der Waals surface area contributed by atoms with Crippen LogP contribution in [0.1, 0.15) is 6.42 Å². The minimum absolute atomic E-state index is 0.242. The summed E-state index contributed by atoms with van der Waals surface area (Å²) in [5.41, 5.74) is 0.750. The number of hydrogen-bond acceptors (Lipinski definition) is 5. The molecule has 0 atom stereocenters. The van der Waals surface area contributed by atoms with Gasteiger partial charge in [-0.15, -0.1) is 0 Å². The first-order valence-corrected chi connectivity index (χ1v) is 8.12. The topological polar surface area (TPSA) is 80.3 Å². The predicted molar refractivity (Wildman–Crippen MR) is 83.0 cm³/mol. The first-order valence-electron chi connectivity index (χ1n) is 6.64.